The highest BCUT2D eigenvalue weighted by Gasteiger charge is 2.30. The summed E-state index contributed by atoms with van der Waals surface area (Å²) in [5, 5.41) is 12.5. The summed E-state index contributed by atoms with van der Waals surface area (Å²) >= 11 is 0. The van der Waals surface area contributed by atoms with E-state index in [1.807, 2.05) is 24.4 Å². The molecule has 0 aliphatic carbocycles. The number of nitrogens with zero attached hydrogens (tertiary/aromatic N) is 3. The van der Waals surface area contributed by atoms with Crippen LogP contribution in [0.3, 0.4) is 0 Å². The first-order chi connectivity index (χ1) is 30.8. The number of phenolic OH excluding ortho intramolecular Hbond substituents is 1. The summed E-state index contributed by atoms with van der Waals surface area (Å²) in [5.74, 6) is 0.909. The number of para-hydroxylation sites is 1. The molecule has 4 nitrogen and oxygen atoms in total. The number of aromatic hydroxyl groups is 1. The van der Waals surface area contributed by atoms with E-state index < -0.39 is 6.85 Å². The van der Waals surface area contributed by atoms with Crippen LogP contribution in [0.2, 0.25) is 0 Å². The van der Waals surface area contributed by atoms with E-state index >= 15 is 0 Å². The molecule has 0 spiro atoms. The summed E-state index contributed by atoms with van der Waals surface area (Å²) in [5.41, 5.74) is 15.1. The van der Waals surface area contributed by atoms with Crippen molar-refractivity contribution < 1.29 is 9.22 Å². The van der Waals surface area contributed by atoms with Gasteiger partial charge in [-0.3, -0.25) is 9.55 Å². The van der Waals surface area contributed by atoms with E-state index in [1.165, 1.54) is 16.7 Å². The molecule has 2 aromatic heterocycles. The van der Waals surface area contributed by atoms with Crippen LogP contribution in [0.15, 0.2) is 140 Å². The van der Waals surface area contributed by atoms with Gasteiger partial charge < -0.3 is 5.11 Å². The second kappa shape index (κ2) is 15.8. The van der Waals surface area contributed by atoms with Gasteiger partial charge in [0.05, 0.1) is 22.3 Å². The highest BCUT2D eigenvalue weighted by molar-refractivity contribution is 5.97. The minimum absolute atomic E-state index is 0.188. The minimum atomic E-state index is -2.17. The van der Waals surface area contributed by atoms with E-state index in [4.69, 9.17) is 14.1 Å². The molecule has 1 N–H and O–H groups in total. The summed E-state index contributed by atoms with van der Waals surface area (Å²) in [7, 11) is 0. The van der Waals surface area contributed by atoms with Crippen molar-refractivity contribution >= 4 is 11.0 Å². The zero-order chi connectivity index (χ0) is 47.7. The molecule has 0 unspecified atom stereocenters. The normalized spacial score (nSPS) is 13.5. The van der Waals surface area contributed by atoms with Gasteiger partial charge in [0.1, 0.15) is 11.6 Å². The van der Waals surface area contributed by atoms with Crippen LogP contribution in [0.5, 0.6) is 5.75 Å². The molecule has 2 heterocycles. The largest absolute Gasteiger partial charge is 0.507 e. The Morgan fingerprint density at radius 2 is 1.16 bits per heavy atom. The molecule has 0 saturated carbocycles. The van der Waals surface area contributed by atoms with Gasteiger partial charge in [0, 0.05) is 32.7 Å². The van der Waals surface area contributed by atoms with Crippen LogP contribution < -0.4 is 0 Å². The Bertz CT molecular complexity index is 3090. The van der Waals surface area contributed by atoms with E-state index in [-0.39, 0.29) is 27.4 Å². The van der Waals surface area contributed by atoms with Gasteiger partial charge in [0.15, 0.2) is 0 Å². The number of fused-ring (bicyclic) bond motifs is 1. The van der Waals surface area contributed by atoms with Gasteiger partial charge in [0.2, 0.25) is 0 Å². The van der Waals surface area contributed by atoms with Crippen molar-refractivity contribution in [1.82, 2.24) is 14.5 Å². The highest BCUT2D eigenvalue weighted by atomic mass is 16.3. The van der Waals surface area contributed by atoms with Crippen LogP contribution in [0.25, 0.3) is 72.7 Å². The van der Waals surface area contributed by atoms with E-state index in [2.05, 4.69) is 191 Å². The van der Waals surface area contributed by atoms with Gasteiger partial charge in [-0.1, -0.05) is 174 Å². The molecular weight excluding hydrogens is 767 g/mol. The molecule has 0 fully saturated rings. The molecule has 0 atom stereocenters. The van der Waals surface area contributed by atoms with Crippen LogP contribution in [-0.2, 0) is 21.7 Å². The number of aryl methyl sites for hydroxylation is 1. The molecule has 8 rings (SSSR count). The van der Waals surface area contributed by atoms with Gasteiger partial charge in [-0.05, 0) is 122 Å². The van der Waals surface area contributed by atoms with Crippen LogP contribution in [0.1, 0.15) is 115 Å². The van der Waals surface area contributed by atoms with Crippen molar-refractivity contribution in [1.29, 1.82) is 0 Å². The number of rotatable bonds is 6. The maximum absolute atomic E-state index is 12.5. The Morgan fingerprint density at radius 1 is 0.492 bits per heavy atom. The lowest BCUT2D eigenvalue weighted by atomic mass is 9.78. The predicted molar refractivity (Wildman–Crippen MR) is 267 cm³/mol. The van der Waals surface area contributed by atoms with E-state index in [0.717, 1.165) is 66.9 Å². The molecule has 0 aliphatic rings. The van der Waals surface area contributed by atoms with Crippen LogP contribution in [0.4, 0.5) is 0 Å². The van der Waals surface area contributed by atoms with Crippen molar-refractivity contribution in [3.63, 3.8) is 0 Å². The lowest BCUT2D eigenvalue weighted by molar-refractivity contribution is 0.446. The van der Waals surface area contributed by atoms with Crippen LogP contribution in [-0.4, -0.2) is 19.6 Å². The first kappa shape index (κ1) is 39.6. The fourth-order valence-corrected chi connectivity index (χ4v) is 8.54. The van der Waals surface area contributed by atoms with Crippen molar-refractivity contribution in [2.24, 2.45) is 0 Å². The third kappa shape index (κ3) is 8.61. The topological polar surface area (TPSA) is 50.9 Å². The fourth-order valence-electron chi connectivity index (χ4n) is 8.54. The van der Waals surface area contributed by atoms with Gasteiger partial charge in [-0.25, -0.2) is 4.98 Å². The summed E-state index contributed by atoms with van der Waals surface area (Å²) in [6.07, 6.45) is 1.82. The second-order valence-corrected chi connectivity index (χ2v) is 21.3. The number of phenols is 1. The number of imidazole rings is 1. The minimum Gasteiger partial charge on any atom is -0.507 e. The molecule has 0 bridgehead atoms. The van der Waals surface area contributed by atoms with E-state index in [0.29, 0.717) is 17.0 Å². The summed E-state index contributed by atoms with van der Waals surface area (Å²) < 4.78 is 25.8. The highest BCUT2D eigenvalue weighted by Crippen LogP contribution is 2.46. The molecule has 0 radical (unpaired) electrons. The third-order valence-electron chi connectivity index (χ3n) is 12.2. The maximum Gasteiger partial charge on any atom is 0.149 e. The number of pyridine rings is 1. The Kier molecular flexibility index (Phi) is 9.94. The van der Waals surface area contributed by atoms with E-state index in [9.17, 15) is 5.11 Å². The Hall–Kier alpha value is -6.26. The monoisotopic (exact) mass is 833 g/mol. The van der Waals surface area contributed by atoms with Crippen LogP contribution >= 0.6 is 0 Å². The third-order valence-corrected chi connectivity index (χ3v) is 12.2. The maximum atomic E-state index is 12.5. The lowest BCUT2D eigenvalue weighted by Gasteiger charge is -2.28. The fraction of sp³-hybridized carbons (Fsp3) is 0.288. The summed E-state index contributed by atoms with van der Waals surface area (Å²) in [4.78, 5) is 10.5. The van der Waals surface area contributed by atoms with Crippen molar-refractivity contribution in [2.75, 3.05) is 0 Å². The smallest absolute Gasteiger partial charge is 0.149 e. The van der Waals surface area contributed by atoms with Gasteiger partial charge in [-0.2, -0.15) is 0 Å². The lowest BCUT2D eigenvalue weighted by Crippen LogP contribution is -2.17. The average Bonchev–Trinajstić information content (AvgIpc) is 3.64. The average molecular weight is 833 g/mol. The van der Waals surface area contributed by atoms with Crippen molar-refractivity contribution in [3.8, 4) is 67.5 Å². The van der Waals surface area contributed by atoms with Gasteiger partial charge >= 0.3 is 0 Å². The quantitative estimate of drug-likeness (QED) is 0.182. The van der Waals surface area contributed by atoms with Crippen molar-refractivity contribution in [3.05, 3.63) is 167 Å². The van der Waals surface area contributed by atoms with Crippen LogP contribution in [0, 0.1) is 6.85 Å². The summed E-state index contributed by atoms with van der Waals surface area (Å²) in [6.45, 7) is 24.4. The molecule has 0 aliphatic heterocycles. The zero-order valence-electron chi connectivity index (χ0n) is 42.1. The number of benzene rings is 6. The second-order valence-electron chi connectivity index (χ2n) is 21.3. The molecule has 0 saturated heterocycles. The molecule has 4 heteroatoms. The standard InChI is InChI=1S/C59H63N3O/c1-37-22-24-38(25-23-37)40-28-29-60-51(33-40)42-30-41(31-43(32-42)56(2,3)4)47-20-17-21-52-53(47)61-55(48-34-44(57(5,6)7)35-50(54(48)63)59(11,12)13)62(52)45-26-27-46(39-18-15-14-16-19-39)49(36-45)58(8,9)10/h14-36,63H,1-13H3/i1D3. The molecule has 63 heavy (non-hydrogen) atoms. The Morgan fingerprint density at radius 3 is 1.81 bits per heavy atom. The molecule has 6 aromatic carbocycles. The Balaban J connectivity index is 1.40. The first-order valence-electron chi connectivity index (χ1n) is 23.6. The van der Waals surface area contributed by atoms with Crippen molar-refractivity contribution in [2.45, 2.75) is 112 Å². The van der Waals surface area contributed by atoms with E-state index in [1.54, 1.807) is 12.1 Å². The molecule has 0 amide bonds. The molecule has 8 aromatic rings. The predicted octanol–water partition coefficient (Wildman–Crippen LogP) is 16.0. The number of hydrogen-bond donors (Lipinski definition) is 1. The number of aromatic nitrogens is 3. The zero-order valence-corrected chi connectivity index (χ0v) is 39.1. The molecular formula is C59H63N3O. The van der Waals surface area contributed by atoms with Gasteiger partial charge in [0.25, 0.3) is 0 Å². The van der Waals surface area contributed by atoms with Gasteiger partial charge in [-0.15, -0.1) is 0 Å². The SMILES string of the molecule is [2H]C([2H])([2H])c1ccc(-c2ccnc(-c3cc(-c4cccc5c4nc(-c4cc(C(C)(C)C)cc(C(C)(C)C)c4O)n5-c4ccc(-c5ccccc5)c(C(C)(C)C)c4)cc(C(C)(C)C)c3)c2)cc1. The molecule has 320 valence electrons. The number of hydrogen-bond acceptors (Lipinski definition) is 3. The first-order valence-corrected chi connectivity index (χ1v) is 22.1. The summed E-state index contributed by atoms with van der Waals surface area (Å²) in [6, 6.07) is 45.8. The Labute approximate surface area is 380 Å².